The summed E-state index contributed by atoms with van der Waals surface area (Å²) in [6.45, 7) is 3.16. The molecule has 2 N–H and O–H groups in total. The first kappa shape index (κ1) is 11.8. The fourth-order valence-corrected chi connectivity index (χ4v) is 0.926. The maximum Gasteiger partial charge on any atom is 0.335 e. The number of hydrogen-bond acceptors (Lipinski definition) is 3. The summed E-state index contributed by atoms with van der Waals surface area (Å²) in [6, 6.07) is 5.67. The second-order valence-corrected chi connectivity index (χ2v) is 3.03. The second kappa shape index (κ2) is 4.97. The van der Waals surface area contributed by atoms with Crippen LogP contribution in [-0.2, 0) is 4.79 Å². The monoisotopic (exact) mass is 222 g/mol. The van der Waals surface area contributed by atoms with Crippen LogP contribution >= 0.6 is 0 Å². The molecule has 0 amide bonds. The summed E-state index contributed by atoms with van der Waals surface area (Å²) in [7, 11) is 0. The predicted molar refractivity (Wildman–Crippen MR) is 55.7 cm³/mol. The number of hydrogen-bond donors (Lipinski definition) is 2. The van der Waals surface area contributed by atoms with Gasteiger partial charge in [0.1, 0.15) is 12.4 Å². The summed E-state index contributed by atoms with van der Waals surface area (Å²) in [5.41, 5.74) is 0.0757. The molecule has 0 aliphatic heterocycles. The normalized spacial score (nSPS) is 9.50. The number of aromatic carboxylic acids is 1. The quantitative estimate of drug-likeness (QED) is 0.736. The zero-order valence-corrected chi connectivity index (χ0v) is 8.34. The van der Waals surface area contributed by atoms with Crippen molar-refractivity contribution >= 4 is 11.9 Å². The number of carboxylic acids is 2. The number of ether oxygens (including phenoxy) is 1. The van der Waals surface area contributed by atoms with Crippen LogP contribution in [0.25, 0.3) is 0 Å². The molecule has 0 heterocycles. The van der Waals surface area contributed by atoms with Crippen LogP contribution in [0.5, 0.6) is 5.75 Å². The molecule has 84 valence electrons. The molecule has 0 unspecified atom stereocenters. The van der Waals surface area contributed by atoms with Crippen LogP contribution in [0.2, 0.25) is 0 Å². The minimum absolute atomic E-state index is 0.0673. The van der Waals surface area contributed by atoms with Gasteiger partial charge in [0.25, 0.3) is 0 Å². The van der Waals surface area contributed by atoms with Crippen molar-refractivity contribution in [2.45, 2.75) is 0 Å². The molecule has 0 aromatic heterocycles. The molecule has 0 aliphatic rings. The Kier molecular flexibility index (Phi) is 3.66. The molecular weight excluding hydrogens is 212 g/mol. The Bertz CT molecular complexity index is 419. The molecule has 0 atom stereocenters. The maximum atomic E-state index is 10.5. The smallest absolute Gasteiger partial charge is 0.335 e. The first-order valence-corrected chi connectivity index (χ1v) is 4.38. The van der Waals surface area contributed by atoms with Gasteiger partial charge in [-0.25, -0.2) is 9.59 Å². The van der Waals surface area contributed by atoms with E-state index >= 15 is 0 Å². The van der Waals surface area contributed by atoms with Crippen LogP contribution < -0.4 is 4.74 Å². The summed E-state index contributed by atoms with van der Waals surface area (Å²) in [6.07, 6.45) is 0. The van der Waals surface area contributed by atoms with Crippen LogP contribution in [0.3, 0.4) is 0 Å². The zero-order chi connectivity index (χ0) is 12.1. The van der Waals surface area contributed by atoms with Crippen LogP contribution in [0, 0.1) is 0 Å². The summed E-state index contributed by atoms with van der Waals surface area (Å²) in [5.74, 6) is -1.75. The Labute approximate surface area is 91.6 Å². The minimum atomic E-state index is -1.12. The summed E-state index contributed by atoms with van der Waals surface area (Å²) in [5, 5.41) is 17.2. The third kappa shape index (κ3) is 3.13. The van der Waals surface area contributed by atoms with Crippen molar-refractivity contribution in [1.82, 2.24) is 0 Å². The average molecular weight is 222 g/mol. The molecule has 0 spiro atoms. The molecule has 16 heavy (non-hydrogen) atoms. The van der Waals surface area contributed by atoms with Gasteiger partial charge in [-0.3, -0.25) is 0 Å². The Hall–Kier alpha value is -2.30. The molecule has 0 fully saturated rings. The highest BCUT2D eigenvalue weighted by Crippen LogP contribution is 2.12. The van der Waals surface area contributed by atoms with Crippen molar-refractivity contribution in [3.05, 3.63) is 42.0 Å². The van der Waals surface area contributed by atoms with Gasteiger partial charge in [0, 0.05) is 0 Å². The van der Waals surface area contributed by atoms with E-state index in [2.05, 4.69) is 6.58 Å². The van der Waals surface area contributed by atoms with E-state index in [1.54, 1.807) is 0 Å². The van der Waals surface area contributed by atoms with Crippen molar-refractivity contribution in [2.24, 2.45) is 0 Å². The molecule has 5 heteroatoms. The van der Waals surface area contributed by atoms with E-state index in [0.717, 1.165) is 0 Å². The molecule has 0 saturated heterocycles. The van der Waals surface area contributed by atoms with E-state index < -0.39 is 11.9 Å². The Morgan fingerprint density at radius 1 is 1.19 bits per heavy atom. The predicted octanol–water partition coefficient (Wildman–Crippen LogP) is 1.40. The maximum absolute atomic E-state index is 10.5. The highest BCUT2D eigenvalue weighted by atomic mass is 16.5. The van der Waals surface area contributed by atoms with E-state index in [-0.39, 0.29) is 17.7 Å². The first-order valence-electron chi connectivity index (χ1n) is 4.38. The third-order valence-electron chi connectivity index (χ3n) is 1.82. The Morgan fingerprint density at radius 2 is 1.75 bits per heavy atom. The summed E-state index contributed by atoms with van der Waals surface area (Å²) in [4.78, 5) is 20.9. The number of aliphatic carboxylic acids is 1. The van der Waals surface area contributed by atoms with Gasteiger partial charge in [-0.2, -0.15) is 0 Å². The van der Waals surface area contributed by atoms with Crippen LogP contribution in [0.4, 0.5) is 0 Å². The zero-order valence-electron chi connectivity index (χ0n) is 8.34. The highest BCUT2D eigenvalue weighted by Gasteiger charge is 2.05. The standard InChI is InChI=1S/C11H10O5/c1-7(10(12)13)6-16-9-4-2-8(3-5-9)11(14)15/h2-5H,1,6H2,(H,12,13)(H,14,15). The average Bonchev–Trinajstić information content (AvgIpc) is 2.26. The van der Waals surface area contributed by atoms with Gasteiger partial charge in [-0.05, 0) is 24.3 Å². The number of benzene rings is 1. The van der Waals surface area contributed by atoms with E-state index in [9.17, 15) is 9.59 Å². The SMILES string of the molecule is C=C(COc1ccc(C(=O)O)cc1)C(=O)O. The van der Waals surface area contributed by atoms with Crippen LogP contribution in [-0.4, -0.2) is 28.8 Å². The molecular formula is C11H10O5. The molecule has 0 aliphatic carbocycles. The second-order valence-electron chi connectivity index (χ2n) is 3.03. The van der Waals surface area contributed by atoms with E-state index in [0.29, 0.717) is 5.75 Å². The molecule has 1 aromatic rings. The molecule has 0 bridgehead atoms. The summed E-state index contributed by atoms with van der Waals surface area (Å²) >= 11 is 0. The van der Waals surface area contributed by atoms with Gasteiger partial charge in [0.15, 0.2) is 0 Å². The third-order valence-corrected chi connectivity index (χ3v) is 1.82. The van der Waals surface area contributed by atoms with Gasteiger partial charge < -0.3 is 14.9 Å². The van der Waals surface area contributed by atoms with Crippen LogP contribution in [0.1, 0.15) is 10.4 Å². The van der Waals surface area contributed by atoms with Crippen molar-refractivity contribution < 1.29 is 24.5 Å². The molecule has 5 nitrogen and oxygen atoms in total. The summed E-state index contributed by atoms with van der Waals surface area (Å²) < 4.78 is 5.09. The van der Waals surface area contributed by atoms with Gasteiger partial charge in [-0.15, -0.1) is 0 Å². The van der Waals surface area contributed by atoms with Crippen molar-refractivity contribution in [2.75, 3.05) is 6.61 Å². The lowest BCUT2D eigenvalue weighted by Crippen LogP contribution is -2.08. The highest BCUT2D eigenvalue weighted by molar-refractivity contribution is 5.87. The fraction of sp³-hybridized carbons (Fsp3) is 0.0909. The van der Waals surface area contributed by atoms with Gasteiger partial charge in [-0.1, -0.05) is 6.58 Å². The van der Waals surface area contributed by atoms with Gasteiger partial charge in [0.2, 0.25) is 0 Å². The van der Waals surface area contributed by atoms with Gasteiger partial charge in [0.05, 0.1) is 11.1 Å². The van der Waals surface area contributed by atoms with Gasteiger partial charge >= 0.3 is 11.9 Å². The lowest BCUT2D eigenvalue weighted by molar-refractivity contribution is -0.133. The van der Waals surface area contributed by atoms with Crippen molar-refractivity contribution in [3.8, 4) is 5.75 Å². The minimum Gasteiger partial charge on any atom is -0.489 e. The number of rotatable bonds is 5. The lowest BCUT2D eigenvalue weighted by atomic mass is 10.2. The molecule has 0 saturated carbocycles. The topological polar surface area (TPSA) is 83.8 Å². The fourth-order valence-electron chi connectivity index (χ4n) is 0.926. The molecule has 1 aromatic carbocycles. The van der Waals surface area contributed by atoms with Crippen LogP contribution in [0.15, 0.2) is 36.4 Å². The largest absolute Gasteiger partial charge is 0.489 e. The molecule has 0 radical (unpaired) electrons. The van der Waals surface area contributed by atoms with Crippen molar-refractivity contribution in [1.29, 1.82) is 0 Å². The molecule has 1 rings (SSSR count). The van der Waals surface area contributed by atoms with Crippen molar-refractivity contribution in [3.63, 3.8) is 0 Å². The number of carboxylic acid groups (broad SMARTS) is 2. The Morgan fingerprint density at radius 3 is 2.19 bits per heavy atom. The lowest BCUT2D eigenvalue weighted by Gasteiger charge is -2.05. The first-order chi connectivity index (χ1) is 7.50. The Balaban J connectivity index is 2.59. The van der Waals surface area contributed by atoms with E-state index in [4.69, 9.17) is 14.9 Å². The van der Waals surface area contributed by atoms with E-state index in [1.165, 1.54) is 24.3 Å². The van der Waals surface area contributed by atoms with E-state index in [1.807, 2.05) is 0 Å². The number of carbonyl (C=O) groups is 2.